The average Bonchev–Trinajstić information content (AvgIpc) is 2.62. The number of halogens is 3. The van der Waals surface area contributed by atoms with Crippen molar-refractivity contribution < 1.29 is 22.7 Å². The van der Waals surface area contributed by atoms with Crippen LogP contribution in [0.2, 0.25) is 0 Å². The molecule has 24 heavy (non-hydrogen) atoms. The van der Waals surface area contributed by atoms with Crippen LogP contribution in [0.5, 0.6) is 0 Å². The zero-order chi connectivity index (χ0) is 17.2. The van der Waals surface area contributed by atoms with Crippen LogP contribution in [0.3, 0.4) is 0 Å². The molecule has 0 amide bonds. The van der Waals surface area contributed by atoms with Gasteiger partial charge < -0.3 is 4.74 Å². The molecule has 0 unspecified atom stereocenters. The van der Waals surface area contributed by atoms with Crippen LogP contribution in [0.25, 0.3) is 0 Å². The van der Waals surface area contributed by atoms with Gasteiger partial charge in [0.05, 0.1) is 11.0 Å². The third kappa shape index (κ3) is 3.06. The number of carbonyl (C=O) groups excluding carboxylic acids is 1. The monoisotopic (exact) mass is 335 g/mol. The van der Waals surface area contributed by atoms with E-state index < -0.39 is 17.2 Å². The van der Waals surface area contributed by atoms with Gasteiger partial charge in [-0.1, -0.05) is 18.2 Å². The van der Waals surface area contributed by atoms with Crippen molar-refractivity contribution in [3.63, 3.8) is 0 Å². The van der Waals surface area contributed by atoms with Crippen LogP contribution in [-0.4, -0.2) is 24.0 Å². The fourth-order valence-electron chi connectivity index (χ4n) is 3.09. The molecule has 1 fully saturated rings. The fraction of sp³-hybridized carbons (Fsp3) is 0.333. The van der Waals surface area contributed by atoms with Gasteiger partial charge in [-0.3, -0.25) is 9.78 Å². The Kier molecular flexibility index (Phi) is 4.41. The first-order valence-electron chi connectivity index (χ1n) is 7.65. The lowest BCUT2D eigenvalue weighted by Crippen LogP contribution is -2.41. The van der Waals surface area contributed by atoms with Gasteiger partial charge in [0.2, 0.25) is 0 Å². The number of benzene rings is 1. The minimum absolute atomic E-state index is 0.175. The Morgan fingerprint density at radius 3 is 2.25 bits per heavy atom. The first-order chi connectivity index (χ1) is 11.4. The van der Waals surface area contributed by atoms with Crippen molar-refractivity contribution in [2.75, 3.05) is 13.2 Å². The van der Waals surface area contributed by atoms with Gasteiger partial charge >= 0.3 is 6.18 Å². The molecule has 1 aliphatic heterocycles. The molecule has 3 nitrogen and oxygen atoms in total. The van der Waals surface area contributed by atoms with E-state index >= 15 is 0 Å². The van der Waals surface area contributed by atoms with E-state index in [0.717, 1.165) is 12.1 Å². The Bertz CT molecular complexity index is 705. The van der Waals surface area contributed by atoms with E-state index in [2.05, 4.69) is 4.98 Å². The van der Waals surface area contributed by atoms with E-state index in [1.54, 1.807) is 18.2 Å². The number of ether oxygens (including phenoxy) is 1. The third-order valence-corrected chi connectivity index (χ3v) is 4.44. The maximum Gasteiger partial charge on any atom is 0.416 e. The number of carbonyl (C=O) groups is 1. The van der Waals surface area contributed by atoms with Crippen molar-refractivity contribution in [3.8, 4) is 0 Å². The van der Waals surface area contributed by atoms with Crippen molar-refractivity contribution >= 4 is 5.78 Å². The second-order valence-corrected chi connectivity index (χ2v) is 5.81. The van der Waals surface area contributed by atoms with E-state index in [9.17, 15) is 18.0 Å². The molecule has 0 N–H and O–H groups in total. The summed E-state index contributed by atoms with van der Waals surface area (Å²) in [5.41, 5.74) is -0.719. The minimum Gasteiger partial charge on any atom is -0.381 e. The molecular weight excluding hydrogens is 319 g/mol. The van der Waals surface area contributed by atoms with Crippen LogP contribution < -0.4 is 0 Å². The van der Waals surface area contributed by atoms with Crippen molar-refractivity contribution in [2.45, 2.75) is 24.4 Å². The Hall–Kier alpha value is -2.21. The van der Waals surface area contributed by atoms with Gasteiger partial charge in [0.25, 0.3) is 0 Å². The SMILES string of the molecule is O=C(c1ccccn1)C1(c2ccc(C(F)(F)F)cc2)CCOCC1. The molecule has 0 aliphatic carbocycles. The van der Waals surface area contributed by atoms with Crippen LogP contribution in [0.1, 0.15) is 34.5 Å². The Morgan fingerprint density at radius 2 is 1.71 bits per heavy atom. The molecule has 2 aromatic rings. The number of alkyl halides is 3. The number of rotatable bonds is 3. The van der Waals surface area contributed by atoms with Gasteiger partial charge in [-0.2, -0.15) is 13.2 Å². The lowest BCUT2D eigenvalue weighted by molar-refractivity contribution is -0.137. The highest BCUT2D eigenvalue weighted by Gasteiger charge is 2.43. The standard InChI is InChI=1S/C18H16F3NO2/c19-18(20,21)14-6-4-13(5-7-14)17(8-11-24-12-9-17)16(23)15-3-1-2-10-22-15/h1-7,10H,8-9,11-12H2. The van der Waals surface area contributed by atoms with E-state index in [4.69, 9.17) is 4.74 Å². The summed E-state index contributed by atoms with van der Waals surface area (Å²) in [6, 6.07) is 9.91. The van der Waals surface area contributed by atoms with Crippen LogP contribution in [-0.2, 0) is 16.3 Å². The lowest BCUT2D eigenvalue weighted by Gasteiger charge is -2.36. The second-order valence-electron chi connectivity index (χ2n) is 5.81. The molecule has 6 heteroatoms. The summed E-state index contributed by atoms with van der Waals surface area (Å²) in [6.45, 7) is 0.777. The minimum atomic E-state index is -4.40. The van der Waals surface area contributed by atoms with Crippen molar-refractivity contribution in [3.05, 3.63) is 65.5 Å². The predicted molar refractivity (Wildman–Crippen MR) is 81.7 cm³/mol. The molecule has 1 aliphatic rings. The first kappa shape index (κ1) is 16.6. The normalized spacial score (nSPS) is 17.5. The molecule has 1 aromatic carbocycles. The summed E-state index contributed by atoms with van der Waals surface area (Å²) in [6.07, 6.45) is -2.01. The summed E-state index contributed by atoms with van der Waals surface area (Å²) < 4.78 is 43.7. The molecule has 2 heterocycles. The number of Topliss-reactive ketones (excluding diaryl/α,β-unsaturated/α-hetero) is 1. The number of pyridine rings is 1. The molecule has 3 rings (SSSR count). The molecule has 0 radical (unpaired) electrons. The number of hydrogen-bond acceptors (Lipinski definition) is 3. The third-order valence-electron chi connectivity index (χ3n) is 4.44. The summed E-state index contributed by atoms with van der Waals surface area (Å²) >= 11 is 0. The molecule has 1 aromatic heterocycles. The highest BCUT2D eigenvalue weighted by molar-refractivity contribution is 6.02. The van der Waals surface area contributed by atoms with Crippen LogP contribution >= 0.6 is 0 Å². The van der Waals surface area contributed by atoms with Crippen molar-refractivity contribution in [1.29, 1.82) is 0 Å². The zero-order valence-corrected chi connectivity index (χ0v) is 12.8. The number of nitrogens with zero attached hydrogens (tertiary/aromatic N) is 1. The fourth-order valence-corrected chi connectivity index (χ4v) is 3.09. The Labute approximate surface area is 137 Å². The largest absolute Gasteiger partial charge is 0.416 e. The van der Waals surface area contributed by atoms with Crippen molar-refractivity contribution in [1.82, 2.24) is 4.98 Å². The maximum atomic E-state index is 13.1. The van der Waals surface area contributed by atoms with Gasteiger partial charge in [-0.15, -0.1) is 0 Å². The van der Waals surface area contributed by atoms with E-state index in [1.807, 2.05) is 0 Å². The molecule has 1 saturated heterocycles. The summed E-state index contributed by atoms with van der Waals surface area (Å²) in [5, 5.41) is 0. The second kappa shape index (κ2) is 6.36. The van der Waals surface area contributed by atoms with E-state index in [1.165, 1.54) is 18.3 Å². The average molecular weight is 335 g/mol. The summed E-state index contributed by atoms with van der Waals surface area (Å²) in [4.78, 5) is 17.2. The topological polar surface area (TPSA) is 39.2 Å². The van der Waals surface area contributed by atoms with Gasteiger partial charge in [0.1, 0.15) is 5.69 Å². The Morgan fingerprint density at radius 1 is 1.04 bits per heavy atom. The van der Waals surface area contributed by atoms with Gasteiger partial charge in [-0.25, -0.2) is 0 Å². The maximum absolute atomic E-state index is 13.1. The highest BCUT2D eigenvalue weighted by atomic mass is 19.4. The molecule has 0 atom stereocenters. The van der Waals surface area contributed by atoms with Gasteiger partial charge in [-0.05, 0) is 42.7 Å². The number of aromatic nitrogens is 1. The number of hydrogen-bond donors (Lipinski definition) is 0. The van der Waals surface area contributed by atoms with Crippen LogP contribution in [0, 0.1) is 0 Å². The highest BCUT2D eigenvalue weighted by Crippen LogP contribution is 2.39. The van der Waals surface area contributed by atoms with Crippen LogP contribution in [0.4, 0.5) is 13.2 Å². The number of ketones is 1. The van der Waals surface area contributed by atoms with Crippen molar-refractivity contribution in [2.24, 2.45) is 0 Å². The molecule has 0 bridgehead atoms. The zero-order valence-electron chi connectivity index (χ0n) is 12.8. The smallest absolute Gasteiger partial charge is 0.381 e. The molecule has 0 spiro atoms. The van der Waals surface area contributed by atoms with Gasteiger partial charge in [0.15, 0.2) is 5.78 Å². The van der Waals surface area contributed by atoms with Crippen LogP contribution in [0.15, 0.2) is 48.7 Å². The summed E-state index contributed by atoms with van der Waals surface area (Å²) in [5.74, 6) is -0.175. The van der Waals surface area contributed by atoms with Gasteiger partial charge in [0, 0.05) is 19.4 Å². The van der Waals surface area contributed by atoms with E-state index in [0.29, 0.717) is 37.3 Å². The summed E-state index contributed by atoms with van der Waals surface area (Å²) in [7, 11) is 0. The Balaban J connectivity index is 2.02. The first-order valence-corrected chi connectivity index (χ1v) is 7.65. The lowest BCUT2D eigenvalue weighted by atomic mass is 9.70. The quantitative estimate of drug-likeness (QED) is 0.795. The molecule has 126 valence electrons. The molecular formula is C18H16F3NO2. The molecule has 0 saturated carbocycles. The van der Waals surface area contributed by atoms with E-state index in [-0.39, 0.29) is 5.78 Å². The predicted octanol–water partition coefficient (Wildman–Crippen LogP) is 4.03.